The summed E-state index contributed by atoms with van der Waals surface area (Å²) in [5, 5.41) is 5.43. The molecule has 2 N–H and O–H groups in total. The van der Waals surface area contributed by atoms with Gasteiger partial charge >= 0.3 is 0 Å². The lowest BCUT2D eigenvalue weighted by Gasteiger charge is -2.36. The second-order valence-electron chi connectivity index (χ2n) is 4.81. The molecule has 0 aromatic rings. The SMILES string of the molecule is CCC1C(=O)NC(=O)CN1C(=O)C1CCCCN1. The van der Waals surface area contributed by atoms with Crippen molar-refractivity contribution in [3.63, 3.8) is 0 Å². The molecule has 2 saturated heterocycles. The standard InChI is InChI=1S/C12H19N3O3/c1-2-9-11(17)14-10(16)7-15(9)12(18)8-5-3-4-6-13-8/h8-9,13H,2-7H2,1H3,(H,14,16,17). The Kier molecular flexibility index (Phi) is 3.96. The maximum atomic E-state index is 12.3. The van der Waals surface area contributed by atoms with Gasteiger partial charge in [0.1, 0.15) is 12.6 Å². The topological polar surface area (TPSA) is 78.5 Å². The van der Waals surface area contributed by atoms with E-state index in [1.807, 2.05) is 6.92 Å². The fraction of sp³-hybridized carbons (Fsp3) is 0.750. The highest BCUT2D eigenvalue weighted by atomic mass is 16.2. The second kappa shape index (κ2) is 5.48. The monoisotopic (exact) mass is 253 g/mol. The average molecular weight is 253 g/mol. The van der Waals surface area contributed by atoms with E-state index in [1.165, 1.54) is 4.90 Å². The molecule has 2 rings (SSSR count). The number of piperidine rings is 1. The number of amides is 3. The summed E-state index contributed by atoms with van der Waals surface area (Å²) in [5.41, 5.74) is 0. The van der Waals surface area contributed by atoms with Gasteiger partial charge in [-0.15, -0.1) is 0 Å². The smallest absolute Gasteiger partial charge is 0.249 e. The highest BCUT2D eigenvalue weighted by molar-refractivity contribution is 6.04. The van der Waals surface area contributed by atoms with Crippen molar-refractivity contribution in [2.45, 2.75) is 44.7 Å². The first-order valence-corrected chi connectivity index (χ1v) is 6.51. The highest BCUT2D eigenvalue weighted by Crippen LogP contribution is 2.15. The molecule has 0 aliphatic carbocycles. The van der Waals surface area contributed by atoms with Crippen LogP contribution in [0.15, 0.2) is 0 Å². The molecule has 2 unspecified atom stereocenters. The van der Waals surface area contributed by atoms with E-state index in [2.05, 4.69) is 10.6 Å². The van der Waals surface area contributed by atoms with Gasteiger partial charge in [0.15, 0.2) is 0 Å². The molecule has 3 amide bonds. The normalized spacial score (nSPS) is 29.1. The van der Waals surface area contributed by atoms with Crippen molar-refractivity contribution >= 4 is 17.7 Å². The van der Waals surface area contributed by atoms with Gasteiger partial charge in [0, 0.05) is 0 Å². The summed E-state index contributed by atoms with van der Waals surface area (Å²) in [7, 11) is 0. The predicted octanol–water partition coefficient (Wildman–Crippen LogP) is -0.608. The third-order valence-electron chi connectivity index (χ3n) is 3.53. The Morgan fingerprint density at radius 2 is 2.17 bits per heavy atom. The summed E-state index contributed by atoms with van der Waals surface area (Å²) < 4.78 is 0. The quantitative estimate of drug-likeness (QED) is 0.644. The average Bonchev–Trinajstić information content (AvgIpc) is 2.38. The largest absolute Gasteiger partial charge is 0.320 e. The van der Waals surface area contributed by atoms with Gasteiger partial charge in [-0.2, -0.15) is 0 Å². The van der Waals surface area contributed by atoms with Crippen molar-refractivity contribution in [2.75, 3.05) is 13.1 Å². The summed E-state index contributed by atoms with van der Waals surface area (Å²) >= 11 is 0. The molecule has 2 atom stereocenters. The van der Waals surface area contributed by atoms with E-state index in [0.717, 1.165) is 25.8 Å². The number of carbonyl (C=O) groups is 3. The molecule has 0 aromatic carbocycles. The maximum Gasteiger partial charge on any atom is 0.249 e. The molecule has 0 aromatic heterocycles. The third-order valence-corrected chi connectivity index (χ3v) is 3.53. The molecule has 0 radical (unpaired) electrons. The fourth-order valence-electron chi connectivity index (χ4n) is 2.57. The number of hydrogen-bond acceptors (Lipinski definition) is 4. The first kappa shape index (κ1) is 13.0. The number of nitrogens with zero attached hydrogens (tertiary/aromatic N) is 1. The molecule has 6 nitrogen and oxygen atoms in total. The van der Waals surface area contributed by atoms with Gasteiger partial charge in [-0.1, -0.05) is 13.3 Å². The van der Waals surface area contributed by atoms with Gasteiger partial charge in [0.2, 0.25) is 17.7 Å². The lowest BCUT2D eigenvalue weighted by molar-refractivity contribution is -0.151. The van der Waals surface area contributed by atoms with Crippen molar-refractivity contribution in [3.05, 3.63) is 0 Å². The van der Waals surface area contributed by atoms with Crippen LogP contribution in [0.5, 0.6) is 0 Å². The van der Waals surface area contributed by atoms with Gasteiger partial charge in [0.25, 0.3) is 0 Å². The van der Waals surface area contributed by atoms with Gasteiger partial charge in [-0.3, -0.25) is 19.7 Å². The van der Waals surface area contributed by atoms with Crippen LogP contribution < -0.4 is 10.6 Å². The number of imide groups is 1. The van der Waals surface area contributed by atoms with Gasteiger partial charge in [-0.25, -0.2) is 0 Å². The number of nitrogens with one attached hydrogen (secondary N) is 2. The lowest BCUT2D eigenvalue weighted by atomic mass is 10.0. The van der Waals surface area contributed by atoms with Crippen molar-refractivity contribution in [3.8, 4) is 0 Å². The van der Waals surface area contributed by atoms with E-state index in [-0.39, 0.29) is 24.4 Å². The zero-order valence-corrected chi connectivity index (χ0v) is 10.6. The summed E-state index contributed by atoms with van der Waals surface area (Å²) in [6.45, 7) is 2.65. The highest BCUT2D eigenvalue weighted by Gasteiger charge is 2.38. The first-order valence-electron chi connectivity index (χ1n) is 6.51. The molecule has 6 heteroatoms. The van der Waals surface area contributed by atoms with E-state index in [1.54, 1.807) is 0 Å². The molecule has 18 heavy (non-hydrogen) atoms. The molecular formula is C12H19N3O3. The van der Waals surface area contributed by atoms with Crippen molar-refractivity contribution in [2.24, 2.45) is 0 Å². The Bertz CT molecular complexity index is 364. The van der Waals surface area contributed by atoms with Crippen LogP contribution in [0.25, 0.3) is 0 Å². The van der Waals surface area contributed by atoms with Crippen LogP contribution in [-0.2, 0) is 14.4 Å². The minimum absolute atomic E-state index is 0.0126. The van der Waals surface area contributed by atoms with Crippen LogP contribution in [0.4, 0.5) is 0 Å². The van der Waals surface area contributed by atoms with Gasteiger partial charge in [-0.05, 0) is 25.8 Å². The van der Waals surface area contributed by atoms with Crippen molar-refractivity contribution < 1.29 is 14.4 Å². The Morgan fingerprint density at radius 1 is 1.39 bits per heavy atom. The Balaban J connectivity index is 2.10. The molecule has 0 spiro atoms. The van der Waals surface area contributed by atoms with E-state index < -0.39 is 11.9 Å². The molecule has 2 fully saturated rings. The summed E-state index contributed by atoms with van der Waals surface area (Å²) in [5.74, 6) is -0.878. The van der Waals surface area contributed by atoms with E-state index in [9.17, 15) is 14.4 Å². The zero-order chi connectivity index (χ0) is 13.1. The summed E-state index contributed by atoms with van der Waals surface area (Å²) in [6.07, 6.45) is 3.38. The summed E-state index contributed by atoms with van der Waals surface area (Å²) in [4.78, 5) is 36.8. The molecule has 0 saturated carbocycles. The molecule has 2 aliphatic heterocycles. The van der Waals surface area contributed by atoms with Crippen LogP contribution in [0.3, 0.4) is 0 Å². The van der Waals surface area contributed by atoms with Gasteiger partial charge < -0.3 is 10.2 Å². The molecule has 0 bridgehead atoms. The summed E-state index contributed by atoms with van der Waals surface area (Å²) in [6, 6.07) is -0.759. The molecule has 2 aliphatic rings. The van der Waals surface area contributed by atoms with Crippen LogP contribution in [0.2, 0.25) is 0 Å². The third kappa shape index (κ3) is 2.53. The molecule has 2 heterocycles. The molecule has 100 valence electrons. The molecular weight excluding hydrogens is 234 g/mol. The first-order chi connectivity index (χ1) is 8.63. The number of piperazine rings is 1. The number of rotatable bonds is 2. The van der Waals surface area contributed by atoms with Crippen LogP contribution in [-0.4, -0.2) is 47.8 Å². The van der Waals surface area contributed by atoms with E-state index >= 15 is 0 Å². The van der Waals surface area contributed by atoms with Gasteiger partial charge in [0.05, 0.1) is 6.04 Å². The second-order valence-corrected chi connectivity index (χ2v) is 4.81. The van der Waals surface area contributed by atoms with E-state index in [4.69, 9.17) is 0 Å². The number of carbonyl (C=O) groups excluding carboxylic acids is 3. The predicted molar refractivity (Wildman–Crippen MR) is 64.6 cm³/mol. The Morgan fingerprint density at radius 3 is 2.78 bits per heavy atom. The Hall–Kier alpha value is -1.43. The number of hydrogen-bond donors (Lipinski definition) is 2. The minimum atomic E-state index is -0.515. The van der Waals surface area contributed by atoms with Crippen LogP contribution in [0, 0.1) is 0 Å². The van der Waals surface area contributed by atoms with Crippen molar-refractivity contribution in [1.29, 1.82) is 0 Å². The van der Waals surface area contributed by atoms with Crippen LogP contribution >= 0.6 is 0 Å². The lowest BCUT2D eigenvalue weighted by Crippen LogP contribution is -2.62. The zero-order valence-electron chi connectivity index (χ0n) is 10.6. The minimum Gasteiger partial charge on any atom is -0.320 e. The fourth-order valence-corrected chi connectivity index (χ4v) is 2.57. The van der Waals surface area contributed by atoms with E-state index in [0.29, 0.717) is 6.42 Å². The van der Waals surface area contributed by atoms with Crippen LogP contribution in [0.1, 0.15) is 32.6 Å². The Labute approximate surface area is 106 Å². The maximum absolute atomic E-state index is 12.3. The van der Waals surface area contributed by atoms with Crippen molar-refractivity contribution in [1.82, 2.24) is 15.5 Å².